The third-order valence-electron chi connectivity index (χ3n) is 10.7. The zero-order valence-electron chi connectivity index (χ0n) is 64.4. The van der Waals surface area contributed by atoms with E-state index in [-0.39, 0.29) is 15.9 Å². The van der Waals surface area contributed by atoms with Gasteiger partial charge in [0.05, 0.1) is 61.8 Å². The van der Waals surface area contributed by atoms with Gasteiger partial charge in [-0.25, -0.2) is 0 Å². The van der Waals surface area contributed by atoms with Crippen LogP contribution in [0.25, 0.3) is 78.0 Å². The molecule has 302 valence electrons. The smallest absolute Gasteiger partial charge is 0.240 e. The number of rotatable bonds is 8. The van der Waals surface area contributed by atoms with Gasteiger partial charge in [-0.15, -0.1) is 0 Å². The normalized spacial score (nSPS) is 19.8. The van der Waals surface area contributed by atoms with Gasteiger partial charge in [-0.2, -0.15) is 15.0 Å². The van der Waals surface area contributed by atoms with E-state index in [1.165, 1.54) is 54.6 Å². The van der Waals surface area contributed by atoms with Crippen LogP contribution in [-0.2, 0) is 0 Å². The van der Waals surface area contributed by atoms with Crippen LogP contribution in [0.4, 0.5) is 0 Å². The monoisotopic (exact) mass is 868 g/mol. The molecular formula is C58H41N5Si. The molecule has 0 saturated carbocycles. The van der Waals surface area contributed by atoms with Crippen molar-refractivity contribution in [2.45, 2.75) is 6.85 Å². The minimum absolute atomic E-state index is 0.108. The molecule has 9 aromatic carbocycles. The summed E-state index contributed by atoms with van der Waals surface area (Å²) < 4.78 is 295. The minimum Gasteiger partial charge on any atom is -0.278 e. The Morgan fingerprint density at radius 2 is 0.938 bits per heavy atom. The van der Waals surface area contributed by atoms with Gasteiger partial charge in [-0.3, -0.25) is 9.13 Å². The van der Waals surface area contributed by atoms with E-state index >= 15 is 0 Å². The zero-order chi connectivity index (χ0) is 70.4. The van der Waals surface area contributed by atoms with Gasteiger partial charge < -0.3 is 0 Å². The summed E-state index contributed by atoms with van der Waals surface area (Å²) in [6, 6.07) is -14.9. The average Bonchev–Trinajstić information content (AvgIpc) is 1.05. The summed E-state index contributed by atoms with van der Waals surface area (Å²) in [7, 11) is -5.63. The maximum Gasteiger partial charge on any atom is 0.240 e. The molecule has 3 aromatic heterocycles. The van der Waals surface area contributed by atoms with Crippen molar-refractivity contribution in [3.05, 3.63) is 235 Å². The first-order chi connectivity index (χ1) is 44.9. The third kappa shape index (κ3) is 5.95. The zero-order valence-corrected chi connectivity index (χ0v) is 33.4. The number of hydrogen-bond acceptors (Lipinski definition) is 3. The first-order valence-electron chi connectivity index (χ1n) is 35.2. The van der Waals surface area contributed by atoms with E-state index in [9.17, 15) is 20.6 Å². The van der Waals surface area contributed by atoms with Crippen molar-refractivity contribution in [1.82, 2.24) is 24.1 Å². The lowest BCUT2D eigenvalue weighted by Gasteiger charge is -2.36. The van der Waals surface area contributed by atoms with Crippen molar-refractivity contribution >= 4 is 72.4 Å². The Hall–Kier alpha value is -8.19. The standard InChI is InChI=1S/C58H41N5Si/c1-40-20-8-17-37-55(40)64(44-25-6-3-7-26-44,45-27-18-23-42(38-45)41-21-4-2-5-22-41)46-28-19-24-43(39-46)56-59-57(62-51-33-13-9-29-47(51)48-30-10-14-34-52(48)62)61-58(60-56)63-53-35-15-11-31-49(53)50-32-12-16-36-54(50)63/h2-39H,1H3/i1D3,2D,4D,5D,8D,9D,10D,11D,12D,13D,14D,15D,16D,17D,19D,20D,21D,22D,24D,28D,29D,30D,31D,32D,33D,34D,35D,36D,37D,39D. The SMILES string of the molecule is [2H]c1c([2H])c([2H])c(-c2cccc([Si](c3ccccc3)(c3c([2H])c([2H])c([2H])c(-c4nc(-n5c6c([2H])c([2H])c([2H])c([2H])c6c6c([2H])c([2H])c([2H])c([2H])c65)nc(-n5c6c([2H])c([2H])c([2H])c([2H])c6c6c([2H])c([2H])c([2H])c([2H])c65)n4)c3[2H])c3c([2H])c([2H])c([2H])c([2H])c3C([2H])([2H])[2H])c2)c([2H])c1[2H]. The molecule has 6 heteroatoms. The second-order valence-electron chi connectivity index (χ2n) is 14.0. The number of fused-ring (bicyclic) bond motifs is 6. The van der Waals surface area contributed by atoms with Gasteiger partial charge in [0.1, 0.15) is 0 Å². The van der Waals surface area contributed by atoms with Crippen LogP contribution in [0.15, 0.2) is 230 Å². The van der Waals surface area contributed by atoms with Crippen molar-refractivity contribution < 1.29 is 43.9 Å². The maximum atomic E-state index is 10.8. The lowest BCUT2D eigenvalue weighted by molar-refractivity contribution is 0.893. The van der Waals surface area contributed by atoms with Gasteiger partial charge in [-0.05, 0) is 62.9 Å². The third-order valence-corrected chi connectivity index (χ3v) is 15.2. The summed E-state index contributed by atoms with van der Waals surface area (Å²) in [5, 5.41) is -4.10. The average molecular weight is 868 g/mol. The van der Waals surface area contributed by atoms with Gasteiger partial charge >= 0.3 is 0 Å². The van der Waals surface area contributed by atoms with Gasteiger partial charge in [-0.1, -0.05) is 211 Å². The van der Waals surface area contributed by atoms with E-state index in [0.29, 0.717) is 0 Å². The van der Waals surface area contributed by atoms with E-state index in [1.807, 2.05) is 0 Å². The van der Waals surface area contributed by atoms with Gasteiger partial charge in [0.25, 0.3) is 0 Å². The van der Waals surface area contributed by atoms with Crippen LogP contribution in [-0.4, -0.2) is 32.2 Å². The Labute approximate surface area is 417 Å². The quantitative estimate of drug-likeness (QED) is 0.113. The lowest BCUT2D eigenvalue weighted by atomic mass is 10.1. The van der Waals surface area contributed by atoms with Crippen LogP contribution in [0.3, 0.4) is 0 Å². The molecule has 0 spiro atoms. The van der Waals surface area contributed by atoms with Crippen LogP contribution in [0.2, 0.25) is 0 Å². The van der Waals surface area contributed by atoms with E-state index in [2.05, 4.69) is 4.98 Å². The second-order valence-corrected chi connectivity index (χ2v) is 17.7. The van der Waals surface area contributed by atoms with Crippen LogP contribution in [0.5, 0.6) is 0 Å². The number of benzene rings is 9. The van der Waals surface area contributed by atoms with E-state index in [1.54, 1.807) is 0 Å². The topological polar surface area (TPSA) is 48.5 Å². The molecule has 3 heterocycles. The van der Waals surface area contributed by atoms with Crippen LogP contribution < -0.4 is 20.7 Å². The second kappa shape index (κ2) is 15.3. The number of hydrogen-bond donors (Lipinski definition) is 0. The van der Waals surface area contributed by atoms with E-state index in [0.717, 1.165) is 9.13 Å². The van der Waals surface area contributed by atoms with Gasteiger partial charge in [0, 0.05) is 31.2 Å². The molecular weight excluding hydrogens is 795 g/mol. The highest BCUT2D eigenvalue weighted by Gasteiger charge is 2.43. The molecule has 5 nitrogen and oxygen atoms in total. The Bertz CT molecular complexity index is 5170. The molecule has 64 heavy (non-hydrogen) atoms. The summed E-state index contributed by atoms with van der Waals surface area (Å²) in [6.45, 7) is -3.55. The number of para-hydroxylation sites is 4. The fourth-order valence-corrected chi connectivity index (χ4v) is 12.4. The highest BCUT2D eigenvalue weighted by atomic mass is 28.3. The van der Waals surface area contributed by atoms with Crippen molar-refractivity contribution in [1.29, 1.82) is 0 Å². The minimum atomic E-state index is -5.63. The summed E-state index contributed by atoms with van der Waals surface area (Å²) in [6.07, 6.45) is 0. The van der Waals surface area contributed by atoms with Crippen molar-refractivity contribution in [3.63, 3.8) is 0 Å². The molecule has 0 aliphatic carbocycles. The maximum absolute atomic E-state index is 10.8. The molecule has 0 bridgehead atoms. The molecule has 1 unspecified atom stereocenters. The van der Waals surface area contributed by atoms with Gasteiger partial charge in [0.2, 0.25) is 11.9 Å². The Balaban J connectivity index is 1.37. The highest BCUT2D eigenvalue weighted by molar-refractivity contribution is 7.20. The lowest BCUT2D eigenvalue weighted by Crippen LogP contribution is -2.75. The van der Waals surface area contributed by atoms with Crippen LogP contribution in [0.1, 0.15) is 49.4 Å². The van der Waals surface area contributed by atoms with E-state index in [4.69, 9.17) is 33.3 Å². The highest BCUT2D eigenvalue weighted by Crippen LogP contribution is 2.34. The summed E-state index contributed by atoms with van der Waals surface area (Å²) in [5.41, 5.74) is -5.32. The molecule has 1 atom stereocenters. The van der Waals surface area contributed by atoms with Gasteiger partial charge in [0.15, 0.2) is 13.9 Å². The summed E-state index contributed by atoms with van der Waals surface area (Å²) in [4.78, 5) is 14.1. The molecule has 0 aliphatic rings. The van der Waals surface area contributed by atoms with Crippen molar-refractivity contribution in [2.24, 2.45) is 0 Å². The molecule has 12 rings (SSSR count). The largest absolute Gasteiger partial charge is 0.278 e. The Morgan fingerprint density at radius 3 is 1.53 bits per heavy atom. The Morgan fingerprint density at radius 1 is 0.422 bits per heavy atom. The van der Waals surface area contributed by atoms with Crippen molar-refractivity contribution in [3.8, 4) is 34.4 Å². The molecule has 0 fully saturated rings. The fourth-order valence-electron chi connectivity index (χ4n) is 8.00. The summed E-state index contributed by atoms with van der Waals surface area (Å²) >= 11 is 0. The first-order valence-corrected chi connectivity index (χ1v) is 21.2. The number of aromatic nitrogens is 5. The molecule has 12 aromatic rings. The predicted octanol–water partition coefficient (Wildman–Crippen LogP) is 11.1. The first kappa shape index (κ1) is 17.2. The Kier molecular flexibility index (Phi) is 4.11. The number of nitrogens with zero attached hydrogens (tertiary/aromatic N) is 5. The van der Waals surface area contributed by atoms with Crippen LogP contribution >= 0.6 is 0 Å². The molecule has 0 radical (unpaired) electrons. The molecule has 0 aliphatic heterocycles. The molecule has 0 N–H and O–H groups in total. The molecule has 0 amide bonds. The van der Waals surface area contributed by atoms with Crippen LogP contribution in [0, 0.1) is 6.85 Å². The predicted molar refractivity (Wildman–Crippen MR) is 268 cm³/mol. The van der Waals surface area contributed by atoms with E-state index < -0.39 is 279 Å². The molecule has 0 saturated heterocycles. The fraction of sp³-hybridized carbons (Fsp3) is 0.0172. The van der Waals surface area contributed by atoms with Crippen molar-refractivity contribution in [2.75, 3.05) is 0 Å². The summed E-state index contributed by atoms with van der Waals surface area (Å²) in [5.74, 6) is -3.01.